The second kappa shape index (κ2) is 5.69. The molecule has 0 aliphatic heterocycles. The second-order valence-corrected chi connectivity index (χ2v) is 6.69. The molecule has 0 bridgehead atoms. The fourth-order valence-corrected chi connectivity index (χ4v) is 3.62. The first-order valence-electron chi connectivity index (χ1n) is 8.07. The van der Waals surface area contributed by atoms with E-state index in [0.29, 0.717) is 5.54 Å². The van der Waals surface area contributed by atoms with Crippen molar-refractivity contribution in [1.29, 1.82) is 0 Å². The van der Waals surface area contributed by atoms with Crippen LogP contribution in [0, 0.1) is 13.8 Å². The molecule has 1 N–H and O–H groups in total. The van der Waals surface area contributed by atoms with Gasteiger partial charge in [0.05, 0.1) is 0 Å². The highest BCUT2D eigenvalue weighted by molar-refractivity contribution is 5.40. The maximum Gasteiger partial charge on any atom is 0.0455 e. The first kappa shape index (κ1) is 14.4. The minimum absolute atomic E-state index is 0.342. The minimum atomic E-state index is 0.342. The van der Waals surface area contributed by atoms with Crippen molar-refractivity contribution in [3.8, 4) is 5.69 Å². The number of rotatable bonds is 4. The van der Waals surface area contributed by atoms with Crippen molar-refractivity contribution in [3.05, 3.63) is 53.3 Å². The molecule has 0 amide bonds. The molecule has 1 aliphatic rings. The van der Waals surface area contributed by atoms with E-state index in [1.54, 1.807) is 0 Å². The van der Waals surface area contributed by atoms with E-state index >= 15 is 0 Å². The summed E-state index contributed by atoms with van der Waals surface area (Å²) in [4.78, 5) is 0. The van der Waals surface area contributed by atoms with Crippen LogP contribution in [0.3, 0.4) is 0 Å². The summed E-state index contributed by atoms with van der Waals surface area (Å²) >= 11 is 0. The normalized spacial score (nSPS) is 17.3. The van der Waals surface area contributed by atoms with Crippen molar-refractivity contribution in [1.82, 2.24) is 9.88 Å². The monoisotopic (exact) mass is 282 g/mol. The standard InChI is InChI=1S/C19H26N2/c1-15-13-17(14-20-19(3)11-7-8-12-19)16(2)21(15)18-9-5-4-6-10-18/h4-6,9-10,13,20H,7-8,11-12,14H2,1-3H3. The molecule has 0 radical (unpaired) electrons. The van der Waals surface area contributed by atoms with Gasteiger partial charge in [0.2, 0.25) is 0 Å². The van der Waals surface area contributed by atoms with Gasteiger partial charge in [-0.05, 0) is 57.4 Å². The van der Waals surface area contributed by atoms with Crippen LogP contribution in [0.25, 0.3) is 5.69 Å². The molecule has 1 saturated carbocycles. The van der Waals surface area contributed by atoms with Gasteiger partial charge in [-0.3, -0.25) is 0 Å². The van der Waals surface area contributed by atoms with Crippen molar-refractivity contribution < 1.29 is 0 Å². The van der Waals surface area contributed by atoms with E-state index in [0.717, 1.165) is 6.54 Å². The van der Waals surface area contributed by atoms with E-state index in [9.17, 15) is 0 Å². The number of nitrogens with one attached hydrogen (secondary N) is 1. The molecule has 3 rings (SSSR count). The van der Waals surface area contributed by atoms with Crippen LogP contribution in [0.5, 0.6) is 0 Å². The number of aryl methyl sites for hydroxylation is 1. The molecule has 0 atom stereocenters. The summed E-state index contributed by atoms with van der Waals surface area (Å²) in [5.74, 6) is 0. The summed E-state index contributed by atoms with van der Waals surface area (Å²) in [6.45, 7) is 7.77. The van der Waals surface area contributed by atoms with E-state index < -0.39 is 0 Å². The number of aromatic nitrogens is 1. The zero-order valence-corrected chi connectivity index (χ0v) is 13.4. The minimum Gasteiger partial charge on any atom is -0.318 e. The lowest BCUT2D eigenvalue weighted by Crippen LogP contribution is -2.38. The number of hydrogen-bond donors (Lipinski definition) is 1. The molecular weight excluding hydrogens is 256 g/mol. The molecule has 112 valence electrons. The van der Waals surface area contributed by atoms with Crippen LogP contribution in [0.2, 0.25) is 0 Å². The van der Waals surface area contributed by atoms with Gasteiger partial charge in [0, 0.05) is 29.2 Å². The Morgan fingerprint density at radius 1 is 1.10 bits per heavy atom. The van der Waals surface area contributed by atoms with Crippen molar-refractivity contribution >= 4 is 0 Å². The Labute approximate surface area is 128 Å². The third-order valence-electron chi connectivity index (χ3n) is 4.96. The quantitative estimate of drug-likeness (QED) is 0.872. The molecule has 2 nitrogen and oxygen atoms in total. The maximum atomic E-state index is 3.79. The van der Waals surface area contributed by atoms with E-state index in [-0.39, 0.29) is 0 Å². The molecule has 2 heteroatoms. The highest BCUT2D eigenvalue weighted by Crippen LogP contribution is 2.30. The summed E-state index contributed by atoms with van der Waals surface area (Å²) in [5, 5.41) is 3.79. The number of hydrogen-bond acceptors (Lipinski definition) is 1. The number of nitrogens with zero attached hydrogens (tertiary/aromatic N) is 1. The van der Waals surface area contributed by atoms with Crippen molar-refractivity contribution in [2.24, 2.45) is 0 Å². The SMILES string of the molecule is Cc1cc(CNC2(C)CCCC2)c(C)n1-c1ccccc1. The lowest BCUT2D eigenvalue weighted by Gasteiger charge is -2.25. The lowest BCUT2D eigenvalue weighted by molar-refractivity contribution is 0.362. The summed E-state index contributed by atoms with van der Waals surface area (Å²) < 4.78 is 2.36. The van der Waals surface area contributed by atoms with Crippen LogP contribution < -0.4 is 5.32 Å². The summed E-state index contributed by atoms with van der Waals surface area (Å²) in [7, 11) is 0. The van der Waals surface area contributed by atoms with Gasteiger partial charge in [-0.25, -0.2) is 0 Å². The van der Waals surface area contributed by atoms with Gasteiger partial charge in [-0.15, -0.1) is 0 Å². The summed E-state index contributed by atoms with van der Waals surface area (Å²) in [5.41, 5.74) is 5.69. The molecule has 21 heavy (non-hydrogen) atoms. The van der Waals surface area contributed by atoms with Crippen LogP contribution in [-0.2, 0) is 6.54 Å². The predicted molar refractivity (Wildman–Crippen MR) is 89.0 cm³/mol. The van der Waals surface area contributed by atoms with Crippen LogP contribution in [0.4, 0.5) is 0 Å². The molecule has 0 spiro atoms. The fourth-order valence-electron chi connectivity index (χ4n) is 3.62. The fraction of sp³-hybridized carbons (Fsp3) is 0.474. The van der Waals surface area contributed by atoms with Gasteiger partial charge in [0.25, 0.3) is 0 Å². The van der Waals surface area contributed by atoms with Gasteiger partial charge < -0.3 is 9.88 Å². The van der Waals surface area contributed by atoms with Crippen molar-refractivity contribution in [3.63, 3.8) is 0 Å². The Kier molecular flexibility index (Phi) is 3.90. The molecule has 1 aromatic carbocycles. The molecule has 1 fully saturated rings. The van der Waals surface area contributed by atoms with E-state index in [1.807, 2.05) is 0 Å². The Morgan fingerprint density at radius 2 is 1.76 bits per heavy atom. The second-order valence-electron chi connectivity index (χ2n) is 6.69. The molecule has 1 aromatic heterocycles. The first-order valence-corrected chi connectivity index (χ1v) is 8.07. The van der Waals surface area contributed by atoms with Crippen LogP contribution in [-0.4, -0.2) is 10.1 Å². The lowest BCUT2D eigenvalue weighted by atomic mass is 10.0. The highest BCUT2D eigenvalue weighted by Gasteiger charge is 2.28. The first-order chi connectivity index (χ1) is 10.1. The number of para-hydroxylation sites is 1. The summed E-state index contributed by atoms with van der Waals surface area (Å²) in [6, 6.07) is 13.0. The van der Waals surface area contributed by atoms with Gasteiger partial charge >= 0.3 is 0 Å². The van der Waals surface area contributed by atoms with Gasteiger partial charge in [0.15, 0.2) is 0 Å². The molecule has 0 saturated heterocycles. The molecule has 1 heterocycles. The Balaban J connectivity index is 1.81. The average molecular weight is 282 g/mol. The van der Waals surface area contributed by atoms with Crippen LogP contribution in [0.1, 0.15) is 49.6 Å². The smallest absolute Gasteiger partial charge is 0.0455 e. The van der Waals surface area contributed by atoms with Gasteiger partial charge in [-0.2, -0.15) is 0 Å². The third-order valence-corrected chi connectivity index (χ3v) is 4.96. The van der Waals surface area contributed by atoms with E-state index in [2.05, 4.69) is 67.1 Å². The number of benzene rings is 1. The van der Waals surface area contributed by atoms with Gasteiger partial charge in [0.1, 0.15) is 0 Å². The predicted octanol–water partition coefficient (Wildman–Crippen LogP) is 4.52. The Bertz CT molecular complexity index is 604. The highest BCUT2D eigenvalue weighted by atomic mass is 15.0. The maximum absolute atomic E-state index is 3.79. The average Bonchev–Trinajstić information content (AvgIpc) is 3.03. The Morgan fingerprint density at radius 3 is 2.43 bits per heavy atom. The third kappa shape index (κ3) is 2.91. The Hall–Kier alpha value is -1.54. The van der Waals surface area contributed by atoms with Crippen molar-refractivity contribution in [2.75, 3.05) is 0 Å². The zero-order valence-electron chi connectivity index (χ0n) is 13.4. The van der Waals surface area contributed by atoms with E-state index in [4.69, 9.17) is 0 Å². The van der Waals surface area contributed by atoms with Crippen LogP contribution in [0.15, 0.2) is 36.4 Å². The van der Waals surface area contributed by atoms with E-state index in [1.165, 1.54) is 48.3 Å². The molecule has 2 aromatic rings. The molecule has 0 unspecified atom stereocenters. The molecule has 1 aliphatic carbocycles. The topological polar surface area (TPSA) is 17.0 Å². The zero-order chi connectivity index (χ0) is 14.9. The summed E-state index contributed by atoms with van der Waals surface area (Å²) in [6.07, 6.45) is 5.36. The molecular formula is C19H26N2. The largest absolute Gasteiger partial charge is 0.318 e. The van der Waals surface area contributed by atoms with Crippen molar-refractivity contribution in [2.45, 2.75) is 58.5 Å². The van der Waals surface area contributed by atoms with Crippen LogP contribution >= 0.6 is 0 Å². The van der Waals surface area contributed by atoms with Gasteiger partial charge in [-0.1, -0.05) is 31.0 Å².